The lowest BCUT2D eigenvalue weighted by Crippen LogP contribution is -1.99. The largest absolute Gasteiger partial charge is 0.325 e. The first-order valence-corrected chi connectivity index (χ1v) is 4.05. The Kier molecular flexibility index (Phi) is 3.06. The first-order valence-electron chi connectivity index (χ1n) is 4.05. The van der Waals surface area contributed by atoms with Crippen molar-refractivity contribution in [2.45, 2.75) is 25.3 Å². The van der Waals surface area contributed by atoms with E-state index in [1.807, 2.05) is 6.20 Å². The summed E-state index contributed by atoms with van der Waals surface area (Å²) in [5.41, 5.74) is 7.90. The molecule has 0 aromatic carbocycles. The molecule has 1 heterocycles. The molecule has 66 valence electrons. The summed E-state index contributed by atoms with van der Waals surface area (Å²) in [5, 5.41) is 0. The van der Waals surface area contributed by atoms with Crippen molar-refractivity contribution >= 4 is 12.4 Å². The highest BCUT2D eigenvalue weighted by molar-refractivity contribution is 5.85. The van der Waals surface area contributed by atoms with E-state index in [2.05, 4.69) is 17.1 Å². The van der Waals surface area contributed by atoms with E-state index >= 15 is 0 Å². The maximum Gasteiger partial charge on any atom is 0.0542 e. The Morgan fingerprint density at radius 3 is 2.83 bits per heavy atom. The van der Waals surface area contributed by atoms with Crippen LogP contribution in [0.15, 0.2) is 18.3 Å². The summed E-state index contributed by atoms with van der Waals surface area (Å²) in [6.45, 7) is 0.556. The maximum atomic E-state index is 5.48. The molecule has 1 aromatic heterocycles. The fourth-order valence-electron chi connectivity index (χ4n) is 1.28. The van der Waals surface area contributed by atoms with E-state index in [9.17, 15) is 0 Å². The fraction of sp³-hybridized carbons (Fsp3) is 0.444. The molecule has 1 aliphatic carbocycles. The van der Waals surface area contributed by atoms with Crippen LogP contribution in [0, 0.1) is 0 Å². The van der Waals surface area contributed by atoms with Gasteiger partial charge in [0.15, 0.2) is 0 Å². The lowest BCUT2D eigenvalue weighted by Gasteiger charge is -1.99. The minimum Gasteiger partial charge on any atom is -0.325 e. The van der Waals surface area contributed by atoms with Gasteiger partial charge >= 0.3 is 0 Å². The fourth-order valence-corrected chi connectivity index (χ4v) is 1.28. The van der Waals surface area contributed by atoms with E-state index in [4.69, 9.17) is 5.73 Å². The number of nitrogens with two attached hydrogens (primary N) is 1. The van der Waals surface area contributed by atoms with E-state index < -0.39 is 0 Å². The number of pyridine rings is 1. The molecule has 2 nitrogen and oxygen atoms in total. The van der Waals surface area contributed by atoms with E-state index in [1.165, 1.54) is 18.4 Å². The van der Waals surface area contributed by atoms with Crippen LogP contribution in [0.3, 0.4) is 0 Å². The summed E-state index contributed by atoms with van der Waals surface area (Å²) in [6, 6.07) is 4.22. The number of aromatic nitrogens is 1. The molecule has 0 amide bonds. The highest BCUT2D eigenvalue weighted by atomic mass is 35.5. The van der Waals surface area contributed by atoms with E-state index in [-0.39, 0.29) is 12.4 Å². The van der Waals surface area contributed by atoms with Crippen molar-refractivity contribution in [1.82, 2.24) is 4.98 Å². The first kappa shape index (κ1) is 9.49. The van der Waals surface area contributed by atoms with Crippen LogP contribution in [-0.4, -0.2) is 4.98 Å². The molecule has 0 spiro atoms. The van der Waals surface area contributed by atoms with Gasteiger partial charge in [-0.1, -0.05) is 0 Å². The SMILES string of the molecule is Cl.NCc1cc(C2CC2)ccn1. The van der Waals surface area contributed by atoms with Crippen LogP contribution in [0.2, 0.25) is 0 Å². The zero-order valence-corrected chi connectivity index (χ0v) is 7.68. The molecular weight excluding hydrogens is 172 g/mol. The first-order chi connectivity index (χ1) is 5.40. The third-order valence-corrected chi connectivity index (χ3v) is 2.10. The Morgan fingerprint density at radius 1 is 1.50 bits per heavy atom. The lowest BCUT2D eigenvalue weighted by atomic mass is 10.1. The number of hydrogen-bond donors (Lipinski definition) is 1. The van der Waals surface area contributed by atoms with Crippen molar-refractivity contribution in [3.63, 3.8) is 0 Å². The van der Waals surface area contributed by atoms with Crippen molar-refractivity contribution in [3.8, 4) is 0 Å². The Hall–Kier alpha value is -0.600. The summed E-state index contributed by atoms with van der Waals surface area (Å²) in [7, 11) is 0. The van der Waals surface area contributed by atoms with Crippen molar-refractivity contribution in [3.05, 3.63) is 29.6 Å². The normalized spacial score (nSPS) is 15.4. The summed E-state index contributed by atoms with van der Waals surface area (Å²) in [5.74, 6) is 0.809. The molecule has 0 bridgehead atoms. The molecule has 3 heteroatoms. The standard InChI is InChI=1S/C9H12N2.ClH/c10-6-9-5-8(3-4-11-9)7-1-2-7;/h3-5,7H,1-2,6,10H2;1H. The van der Waals surface area contributed by atoms with Gasteiger partial charge < -0.3 is 5.73 Å². The average Bonchev–Trinajstić information content (AvgIpc) is 2.87. The van der Waals surface area contributed by atoms with Crippen molar-refractivity contribution in [2.75, 3.05) is 0 Å². The summed E-state index contributed by atoms with van der Waals surface area (Å²) < 4.78 is 0. The van der Waals surface area contributed by atoms with Crippen LogP contribution in [0.4, 0.5) is 0 Å². The van der Waals surface area contributed by atoms with Crippen molar-refractivity contribution < 1.29 is 0 Å². The Bertz CT molecular complexity index is 258. The van der Waals surface area contributed by atoms with Gasteiger partial charge in [-0.05, 0) is 36.5 Å². The van der Waals surface area contributed by atoms with Gasteiger partial charge in [0.1, 0.15) is 0 Å². The predicted octanol–water partition coefficient (Wildman–Crippen LogP) is 1.84. The number of halogens is 1. The predicted molar refractivity (Wildman–Crippen MR) is 51.4 cm³/mol. The topological polar surface area (TPSA) is 38.9 Å². The van der Waals surface area contributed by atoms with Gasteiger partial charge in [-0.15, -0.1) is 12.4 Å². The van der Waals surface area contributed by atoms with Gasteiger partial charge in [0, 0.05) is 12.7 Å². The third-order valence-electron chi connectivity index (χ3n) is 2.10. The molecule has 0 unspecified atom stereocenters. The molecule has 1 aliphatic rings. The molecule has 12 heavy (non-hydrogen) atoms. The summed E-state index contributed by atoms with van der Waals surface area (Å²) >= 11 is 0. The smallest absolute Gasteiger partial charge is 0.0542 e. The van der Waals surface area contributed by atoms with Gasteiger partial charge in [-0.2, -0.15) is 0 Å². The molecule has 0 radical (unpaired) electrons. The van der Waals surface area contributed by atoms with E-state index in [0.717, 1.165) is 11.6 Å². The van der Waals surface area contributed by atoms with Crippen LogP contribution in [0.25, 0.3) is 0 Å². The lowest BCUT2D eigenvalue weighted by molar-refractivity contribution is 0.969. The number of rotatable bonds is 2. The minimum absolute atomic E-state index is 0. The highest BCUT2D eigenvalue weighted by Crippen LogP contribution is 2.39. The quantitative estimate of drug-likeness (QED) is 0.762. The molecule has 1 saturated carbocycles. The van der Waals surface area contributed by atoms with Crippen LogP contribution in [0.1, 0.15) is 30.0 Å². The Labute approximate surface area is 78.6 Å². The molecule has 1 aromatic rings. The van der Waals surface area contributed by atoms with Gasteiger partial charge in [-0.3, -0.25) is 4.98 Å². The molecule has 1 fully saturated rings. The summed E-state index contributed by atoms with van der Waals surface area (Å²) in [4.78, 5) is 4.14. The maximum absolute atomic E-state index is 5.48. The molecule has 0 atom stereocenters. The van der Waals surface area contributed by atoms with Crippen LogP contribution in [0.5, 0.6) is 0 Å². The molecule has 2 rings (SSSR count). The second kappa shape index (κ2) is 3.87. The Morgan fingerprint density at radius 2 is 2.25 bits per heavy atom. The van der Waals surface area contributed by atoms with E-state index in [0.29, 0.717) is 6.54 Å². The molecular formula is C9H13ClN2. The number of hydrogen-bond acceptors (Lipinski definition) is 2. The molecule has 0 aliphatic heterocycles. The zero-order valence-electron chi connectivity index (χ0n) is 6.86. The van der Waals surface area contributed by atoms with Gasteiger partial charge in [0.05, 0.1) is 5.69 Å². The van der Waals surface area contributed by atoms with Crippen molar-refractivity contribution in [2.24, 2.45) is 5.73 Å². The van der Waals surface area contributed by atoms with Gasteiger partial charge in [-0.25, -0.2) is 0 Å². The van der Waals surface area contributed by atoms with Crippen molar-refractivity contribution in [1.29, 1.82) is 0 Å². The average molecular weight is 185 g/mol. The Balaban J connectivity index is 0.000000720. The second-order valence-electron chi connectivity index (χ2n) is 3.06. The van der Waals surface area contributed by atoms with Gasteiger partial charge in [0.25, 0.3) is 0 Å². The van der Waals surface area contributed by atoms with E-state index in [1.54, 1.807) is 0 Å². The minimum atomic E-state index is 0. The van der Waals surface area contributed by atoms with Crippen LogP contribution in [-0.2, 0) is 6.54 Å². The van der Waals surface area contributed by atoms with Gasteiger partial charge in [0.2, 0.25) is 0 Å². The molecule has 0 saturated heterocycles. The van der Waals surface area contributed by atoms with Crippen LogP contribution >= 0.6 is 12.4 Å². The highest BCUT2D eigenvalue weighted by Gasteiger charge is 2.23. The number of nitrogens with zero attached hydrogens (tertiary/aromatic N) is 1. The monoisotopic (exact) mass is 184 g/mol. The zero-order chi connectivity index (χ0) is 7.68. The third kappa shape index (κ3) is 1.96. The second-order valence-corrected chi connectivity index (χ2v) is 3.06. The molecule has 2 N–H and O–H groups in total. The summed E-state index contributed by atoms with van der Waals surface area (Å²) in [6.07, 6.45) is 4.54. The van der Waals surface area contributed by atoms with Crippen LogP contribution < -0.4 is 5.73 Å².